The Morgan fingerprint density at radius 1 is 0.870 bits per heavy atom. The molecule has 2 aromatic rings. The standard InChI is InChI=1S/C16H13F3N2O2/c17-16(18,19)10-20-15(23)12-8-4-5-9-13(12)21-14(22)11-6-2-1-3-7-11/h1-9H,10H2,(H,20,23)(H,21,22). The molecule has 0 fully saturated rings. The first-order valence-corrected chi connectivity index (χ1v) is 6.67. The van der Waals surface area contributed by atoms with Gasteiger partial charge in [-0.3, -0.25) is 9.59 Å². The van der Waals surface area contributed by atoms with Gasteiger partial charge in [-0.1, -0.05) is 30.3 Å². The Morgan fingerprint density at radius 3 is 2.13 bits per heavy atom. The van der Waals surface area contributed by atoms with Crippen molar-refractivity contribution in [3.05, 3.63) is 65.7 Å². The number of rotatable bonds is 4. The Morgan fingerprint density at radius 2 is 1.48 bits per heavy atom. The van der Waals surface area contributed by atoms with E-state index in [0.717, 1.165) is 0 Å². The molecule has 0 saturated heterocycles. The second-order valence-electron chi connectivity index (χ2n) is 4.66. The monoisotopic (exact) mass is 322 g/mol. The van der Waals surface area contributed by atoms with Crippen LogP contribution in [-0.2, 0) is 0 Å². The van der Waals surface area contributed by atoms with Gasteiger partial charge in [0.1, 0.15) is 6.54 Å². The van der Waals surface area contributed by atoms with Gasteiger partial charge >= 0.3 is 6.18 Å². The van der Waals surface area contributed by atoms with Crippen LogP contribution in [0.25, 0.3) is 0 Å². The summed E-state index contributed by atoms with van der Waals surface area (Å²) in [5, 5.41) is 4.30. The van der Waals surface area contributed by atoms with Crippen molar-refractivity contribution in [1.29, 1.82) is 0 Å². The van der Waals surface area contributed by atoms with Crippen LogP contribution in [-0.4, -0.2) is 24.5 Å². The van der Waals surface area contributed by atoms with Crippen LogP contribution in [0.15, 0.2) is 54.6 Å². The maximum atomic E-state index is 12.2. The lowest BCUT2D eigenvalue weighted by molar-refractivity contribution is -0.123. The zero-order valence-corrected chi connectivity index (χ0v) is 11.9. The molecule has 0 saturated carbocycles. The second kappa shape index (κ2) is 6.95. The Bertz CT molecular complexity index is 700. The van der Waals surface area contributed by atoms with E-state index in [9.17, 15) is 22.8 Å². The van der Waals surface area contributed by atoms with E-state index >= 15 is 0 Å². The summed E-state index contributed by atoms with van der Waals surface area (Å²) in [5.74, 6) is -1.37. The highest BCUT2D eigenvalue weighted by atomic mass is 19.4. The molecule has 0 bridgehead atoms. The van der Waals surface area contributed by atoms with Crippen molar-refractivity contribution in [3.8, 4) is 0 Å². The van der Waals surface area contributed by atoms with Crippen molar-refractivity contribution >= 4 is 17.5 Å². The summed E-state index contributed by atoms with van der Waals surface area (Å²) in [4.78, 5) is 24.0. The highest BCUT2D eigenvalue weighted by Gasteiger charge is 2.28. The predicted octanol–water partition coefficient (Wildman–Crippen LogP) is 3.23. The highest BCUT2D eigenvalue weighted by molar-refractivity contribution is 6.08. The molecule has 2 rings (SSSR count). The van der Waals surface area contributed by atoms with Crippen LogP contribution in [0.2, 0.25) is 0 Å². The van der Waals surface area contributed by atoms with Crippen LogP contribution in [0.5, 0.6) is 0 Å². The number of nitrogens with one attached hydrogen (secondary N) is 2. The fourth-order valence-corrected chi connectivity index (χ4v) is 1.85. The molecular weight excluding hydrogens is 309 g/mol. The molecule has 0 aromatic heterocycles. The molecule has 2 aromatic carbocycles. The SMILES string of the molecule is O=C(Nc1ccccc1C(=O)NCC(F)(F)F)c1ccccc1. The Hall–Kier alpha value is -2.83. The van der Waals surface area contributed by atoms with Crippen molar-refractivity contribution in [2.24, 2.45) is 0 Å². The van der Waals surface area contributed by atoms with Gasteiger partial charge in [0.25, 0.3) is 11.8 Å². The third kappa shape index (κ3) is 4.84. The van der Waals surface area contributed by atoms with Gasteiger partial charge in [0.05, 0.1) is 11.3 Å². The van der Waals surface area contributed by atoms with Crippen LogP contribution in [0.4, 0.5) is 18.9 Å². The lowest BCUT2D eigenvalue weighted by Gasteiger charge is -2.12. The van der Waals surface area contributed by atoms with Crippen molar-refractivity contribution in [2.45, 2.75) is 6.18 Å². The van der Waals surface area contributed by atoms with E-state index < -0.39 is 24.5 Å². The Kier molecular flexibility index (Phi) is 5.00. The molecule has 2 N–H and O–H groups in total. The molecule has 120 valence electrons. The molecule has 0 aliphatic rings. The number of carbonyl (C=O) groups excluding carboxylic acids is 2. The number of anilines is 1. The molecule has 0 radical (unpaired) electrons. The minimum absolute atomic E-state index is 0.0407. The molecule has 0 aliphatic carbocycles. The Balaban J connectivity index is 2.14. The average Bonchev–Trinajstić information content (AvgIpc) is 2.53. The largest absolute Gasteiger partial charge is 0.405 e. The molecule has 7 heteroatoms. The summed E-state index contributed by atoms with van der Waals surface area (Å²) in [6.07, 6.45) is -4.50. The number of para-hydroxylation sites is 1. The van der Waals surface area contributed by atoms with Crippen LogP contribution < -0.4 is 10.6 Å². The van der Waals surface area contributed by atoms with E-state index in [0.29, 0.717) is 5.56 Å². The van der Waals surface area contributed by atoms with Crippen LogP contribution >= 0.6 is 0 Å². The minimum Gasteiger partial charge on any atom is -0.343 e. The molecule has 2 amide bonds. The molecule has 23 heavy (non-hydrogen) atoms. The second-order valence-corrected chi connectivity index (χ2v) is 4.66. The fraction of sp³-hybridized carbons (Fsp3) is 0.125. The number of amides is 2. The quantitative estimate of drug-likeness (QED) is 0.908. The molecule has 0 spiro atoms. The zero-order valence-electron chi connectivity index (χ0n) is 11.9. The molecule has 0 atom stereocenters. The van der Waals surface area contributed by atoms with Crippen molar-refractivity contribution in [3.63, 3.8) is 0 Å². The summed E-state index contributed by atoms with van der Waals surface area (Å²) in [5.41, 5.74) is 0.472. The first-order chi connectivity index (χ1) is 10.9. The van der Waals surface area contributed by atoms with E-state index in [-0.39, 0.29) is 11.3 Å². The van der Waals surface area contributed by atoms with E-state index in [1.807, 2.05) is 0 Å². The molecule has 4 nitrogen and oxygen atoms in total. The molecular formula is C16H13F3N2O2. The van der Waals surface area contributed by atoms with Crippen LogP contribution in [0.3, 0.4) is 0 Å². The number of hydrogen-bond acceptors (Lipinski definition) is 2. The van der Waals surface area contributed by atoms with Crippen LogP contribution in [0.1, 0.15) is 20.7 Å². The minimum atomic E-state index is -4.50. The average molecular weight is 322 g/mol. The van der Waals surface area contributed by atoms with Crippen molar-refractivity contribution < 1.29 is 22.8 Å². The van der Waals surface area contributed by atoms with Crippen molar-refractivity contribution in [1.82, 2.24) is 5.32 Å². The Labute approximate surface area is 130 Å². The van der Waals surface area contributed by atoms with Crippen LogP contribution in [0, 0.1) is 0 Å². The van der Waals surface area contributed by atoms with Gasteiger partial charge in [0, 0.05) is 5.56 Å². The lowest BCUT2D eigenvalue weighted by Crippen LogP contribution is -2.34. The van der Waals surface area contributed by atoms with Gasteiger partial charge in [-0.2, -0.15) is 13.2 Å². The summed E-state index contributed by atoms with van der Waals surface area (Å²) >= 11 is 0. The summed E-state index contributed by atoms with van der Waals surface area (Å²) in [7, 11) is 0. The molecule has 0 unspecified atom stereocenters. The first-order valence-electron chi connectivity index (χ1n) is 6.67. The topological polar surface area (TPSA) is 58.2 Å². The van der Waals surface area contributed by atoms with Gasteiger partial charge in [-0.25, -0.2) is 0 Å². The predicted molar refractivity (Wildman–Crippen MR) is 79.2 cm³/mol. The third-order valence-electron chi connectivity index (χ3n) is 2.91. The van der Waals surface area contributed by atoms with Gasteiger partial charge in [-0.05, 0) is 24.3 Å². The zero-order chi connectivity index (χ0) is 16.9. The van der Waals surface area contributed by atoms with E-state index in [1.54, 1.807) is 41.7 Å². The van der Waals surface area contributed by atoms with Gasteiger partial charge in [-0.15, -0.1) is 0 Å². The maximum absolute atomic E-state index is 12.2. The van der Waals surface area contributed by atoms with E-state index in [2.05, 4.69) is 5.32 Å². The summed E-state index contributed by atoms with van der Waals surface area (Å²) in [6.45, 7) is -1.44. The van der Waals surface area contributed by atoms with Crippen molar-refractivity contribution in [2.75, 3.05) is 11.9 Å². The highest BCUT2D eigenvalue weighted by Crippen LogP contribution is 2.18. The van der Waals surface area contributed by atoms with E-state index in [1.165, 1.54) is 18.2 Å². The number of alkyl halides is 3. The van der Waals surface area contributed by atoms with Gasteiger partial charge in [0.15, 0.2) is 0 Å². The number of benzene rings is 2. The number of carbonyl (C=O) groups is 2. The molecule has 0 heterocycles. The lowest BCUT2D eigenvalue weighted by atomic mass is 10.1. The fourth-order valence-electron chi connectivity index (χ4n) is 1.85. The smallest absolute Gasteiger partial charge is 0.343 e. The maximum Gasteiger partial charge on any atom is 0.405 e. The summed E-state index contributed by atoms with van der Waals surface area (Å²) in [6, 6.07) is 14.1. The normalized spacial score (nSPS) is 10.9. The van der Waals surface area contributed by atoms with Gasteiger partial charge < -0.3 is 10.6 Å². The van der Waals surface area contributed by atoms with E-state index in [4.69, 9.17) is 0 Å². The third-order valence-corrected chi connectivity index (χ3v) is 2.91. The molecule has 0 aliphatic heterocycles. The number of hydrogen-bond donors (Lipinski definition) is 2. The van der Waals surface area contributed by atoms with Gasteiger partial charge in [0.2, 0.25) is 0 Å². The first kappa shape index (κ1) is 16.5. The number of halogens is 3. The summed E-state index contributed by atoms with van der Waals surface area (Å²) < 4.78 is 36.5.